The van der Waals surface area contributed by atoms with Crippen LogP contribution in [0, 0.1) is 35.0 Å². The molecular formula is C13H14F5N. The van der Waals surface area contributed by atoms with Crippen molar-refractivity contribution in [3.05, 3.63) is 34.6 Å². The predicted octanol–water partition coefficient (Wildman–Crippen LogP) is 3.83. The molecule has 0 aromatic heterocycles. The van der Waals surface area contributed by atoms with E-state index in [2.05, 4.69) is 5.32 Å². The molecule has 0 aliphatic heterocycles. The summed E-state index contributed by atoms with van der Waals surface area (Å²) in [6.07, 6.45) is 2.24. The van der Waals surface area contributed by atoms with Crippen molar-refractivity contribution >= 4 is 0 Å². The molecule has 1 atom stereocenters. The Morgan fingerprint density at radius 2 is 1.42 bits per heavy atom. The van der Waals surface area contributed by atoms with E-state index < -0.39 is 40.7 Å². The van der Waals surface area contributed by atoms with Gasteiger partial charge in [0.1, 0.15) is 0 Å². The number of benzene rings is 1. The first-order valence-electron chi connectivity index (χ1n) is 6.22. The lowest BCUT2D eigenvalue weighted by Crippen LogP contribution is -2.25. The second-order valence-electron chi connectivity index (χ2n) is 4.77. The third kappa shape index (κ3) is 2.73. The summed E-state index contributed by atoms with van der Waals surface area (Å²) in [4.78, 5) is 0. The highest BCUT2D eigenvalue weighted by Crippen LogP contribution is 2.39. The highest BCUT2D eigenvalue weighted by Gasteiger charge is 2.33. The van der Waals surface area contributed by atoms with E-state index in [4.69, 9.17) is 0 Å². The first kappa shape index (κ1) is 14.2. The van der Waals surface area contributed by atoms with Gasteiger partial charge in [-0.05, 0) is 18.9 Å². The van der Waals surface area contributed by atoms with Gasteiger partial charge in [0.2, 0.25) is 5.82 Å². The van der Waals surface area contributed by atoms with Gasteiger partial charge in [0.05, 0.1) is 0 Å². The first-order valence-corrected chi connectivity index (χ1v) is 6.22. The zero-order chi connectivity index (χ0) is 14.2. The molecule has 0 amide bonds. The summed E-state index contributed by atoms with van der Waals surface area (Å²) in [7, 11) is 0. The SMILES string of the molecule is CCNC(CC1CC1)c1c(F)c(F)c(F)c(F)c1F. The van der Waals surface area contributed by atoms with Crippen LogP contribution < -0.4 is 5.32 Å². The van der Waals surface area contributed by atoms with Crippen molar-refractivity contribution in [1.82, 2.24) is 5.32 Å². The van der Waals surface area contributed by atoms with Crippen molar-refractivity contribution in [2.75, 3.05) is 6.54 Å². The monoisotopic (exact) mass is 279 g/mol. The molecule has 1 aromatic rings. The smallest absolute Gasteiger partial charge is 0.200 e. The molecule has 2 rings (SSSR count). The Morgan fingerprint density at radius 1 is 0.947 bits per heavy atom. The van der Waals surface area contributed by atoms with E-state index in [9.17, 15) is 22.0 Å². The molecule has 1 saturated carbocycles. The summed E-state index contributed by atoms with van der Waals surface area (Å²) >= 11 is 0. The van der Waals surface area contributed by atoms with E-state index in [1.54, 1.807) is 6.92 Å². The predicted molar refractivity (Wildman–Crippen MR) is 60.0 cm³/mol. The van der Waals surface area contributed by atoms with Crippen molar-refractivity contribution < 1.29 is 22.0 Å². The van der Waals surface area contributed by atoms with E-state index in [0.29, 0.717) is 18.9 Å². The van der Waals surface area contributed by atoms with Crippen molar-refractivity contribution in [2.45, 2.75) is 32.2 Å². The second kappa shape index (κ2) is 5.45. The summed E-state index contributed by atoms with van der Waals surface area (Å²) in [5.74, 6) is -9.05. The van der Waals surface area contributed by atoms with E-state index in [1.807, 2.05) is 0 Å². The zero-order valence-corrected chi connectivity index (χ0v) is 10.4. The normalized spacial score (nSPS) is 16.7. The van der Waals surface area contributed by atoms with Gasteiger partial charge >= 0.3 is 0 Å². The Balaban J connectivity index is 2.45. The highest BCUT2D eigenvalue weighted by molar-refractivity contribution is 5.27. The lowest BCUT2D eigenvalue weighted by Gasteiger charge is -2.20. The third-order valence-corrected chi connectivity index (χ3v) is 3.31. The van der Waals surface area contributed by atoms with Crippen LogP contribution >= 0.6 is 0 Å². The molecule has 0 bridgehead atoms. The molecule has 1 nitrogen and oxygen atoms in total. The molecule has 1 aromatic carbocycles. The van der Waals surface area contributed by atoms with Crippen LogP contribution in [0.3, 0.4) is 0 Å². The van der Waals surface area contributed by atoms with Gasteiger partial charge in [0.15, 0.2) is 23.3 Å². The Labute approximate surface area is 107 Å². The van der Waals surface area contributed by atoms with Crippen molar-refractivity contribution in [3.8, 4) is 0 Å². The van der Waals surface area contributed by atoms with Crippen LogP contribution in [0.2, 0.25) is 0 Å². The Kier molecular flexibility index (Phi) is 4.08. The summed E-state index contributed by atoms with van der Waals surface area (Å²) < 4.78 is 66.7. The van der Waals surface area contributed by atoms with Gasteiger partial charge in [-0.2, -0.15) is 0 Å². The van der Waals surface area contributed by atoms with Crippen molar-refractivity contribution in [2.24, 2.45) is 5.92 Å². The third-order valence-electron chi connectivity index (χ3n) is 3.31. The molecule has 106 valence electrons. The molecule has 1 unspecified atom stereocenters. The van der Waals surface area contributed by atoms with E-state index in [1.165, 1.54) is 0 Å². The molecule has 1 fully saturated rings. The van der Waals surface area contributed by atoms with Gasteiger partial charge in [-0.1, -0.05) is 19.8 Å². The maximum Gasteiger partial charge on any atom is 0.200 e. The van der Waals surface area contributed by atoms with Crippen LogP contribution in [0.25, 0.3) is 0 Å². The van der Waals surface area contributed by atoms with E-state index in [-0.39, 0.29) is 0 Å². The quantitative estimate of drug-likeness (QED) is 0.490. The fourth-order valence-electron chi connectivity index (χ4n) is 2.16. The molecule has 1 aliphatic rings. The van der Waals surface area contributed by atoms with Gasteiger partial charge in [-0.15, -0.1) is 0 Å². The lowest BCUT2D eigenvalue weighted by molar-refractivity contribution is 0.350. The van der Waals surface area contributed by atoms with Crippen LogP contribution in [0.1, 0.15) is 37.8 Å². The fourth-order valence-corrected chi connectivity index (χ4v) is 2.16. The second-order valence-corrected chi connectivity index (χ2v) is 4.77. The number of hydrogen-bond donors (Lipinski definition) is 1. The number of rotatable bonds is 5. The largest absolute Gasteiger partial charge is 0.310 e. The van der Waals surface area contributed by atoms with Gasteiger partial charge < -0.3 is 5.32 Å². The van der Waals surface area contributed by atoms with Crippen molar-refractivity contribution in [3.63, 3.8) is 0 Å². The van der Waals surface area contributed by atoms with Crippen LogP contribution in [0.4, 0.5) is 22.0 Å². The summed E-state index contributed by atoms with van der Waals surface area (Å²) in [5, 5.41) is 2.79. The van der Waals surface area contributed by atoms with E-state index >= 15 is 0 Å². The molecule has 6 heteroatoms. The molecule has 1 N–H and O–H groups in total. The number of hydrogen-bond acceptors (Lipinski definition) is 1. The summed E-state index contributed by atoms with van der Waals surface area (Å²) in [6.45, 7) is 2.10. The standard InChI is InChI=1S/C13H14F5N/c1-2-19-7(5-6-3-4-6)8-9(14)11(16)13(18)12(17)10(8)15/h6-7,19H,2-5H2,1H3. The average molecular weight is 279 g/mol. The van der Waals surface area contributed by atoms with Crippen molar-refractivity contribution in [1.29, 1.82) is 0 Å². The molecule has 1 aliphatic carbocycles. The van der Waals surface area contributed by atoms with Crippen LogP contribution in [-0.4, -0.2) is 6.54 Å². The zero-order valence-electron chi connectivity index (χ0n) is 10.4. The van der Waals surface area contributed by atoms with Gasteiger partial charge in [-0.25, -0.2) is 22.0 Å². The molecular weight excluding hydrogens is 265 g/mol. The highest BCUT2D eigenvalue weighted by atomic mass is 19.2. The number of nitrogens with one attached hydrogen (secondary N) is 1. The van der Waals surface area contributed by atoms with Gasteiger partial charge in [0.25, 0.3) is 0 Å². The Hall–Kier alpha value is -1.17. The fraction of sp³-hybridized carbons (Fsp3) is 0.538. The minimum Gasteiger partial charge on any atom is -0.310 e. The summed E-state index contributed by atoms with van der Waals surface area (Å²) in [6, 6.07) is -0.845. The molecule has 0 saturated heterocycles. The maximum absolute atomic E-state index is 13.7. The van der Waals surface area contributed by atoms with Crippen LogP contribution in [0.5, 0.6) is 0 Å². The topological polar surface area (TPSA) is 12.0 Å². The molecule has 19 heavy (non-hydrogen) atoms. The molecule has 0 spiro atoms. The first-order chi connectivity index (χ1) is 8.97. The van der Waals surface area contributed by atoms with Gasteiger partial charge in [0, 0.05) is 11.6 Å². The molecule has 0 heterocycles. The minimum atomic E-state index is -2.11. The Morgan fingerprint density at radius 3 is 1.84 bits per heavy atom. The minimum absolute atomic E-state index is 0.291. The molecule has 0 radical (unpaired) electrons. The lowest BCUT2D eigenvalue weighted by atomic mass is 9.99. The Bertz CT molecular complexity index is 455. The summed E-state index contributed by atoms with van der Waals surface area (Å²) in [5.41, 5.74) is -0.745. The number of halogens is 5. The maximum atomic E-state index is 13.7. The van der Waals surface area contributed by atoms with Gasteiger partial charge in [-0.3, -0.25) is 0 Å². The average Bonchev–Trinajstić information content (AvgIpc) is 3.18. The van der Waals surface area contributed by atoms with Crippen LogP contribution in [0.15, 0.2) is 0 Å². The van der Waals surface area contributed by atoms with Crippen LogP contribution in [-0.2, 0) is 0 Å². The van der Waals surface area contributed by atoms with E-state index in [0.717, 1.165) is 12.8 Å².